The minimum Gasteiger partial charge on any atom is -0.371 e. The van der Waals surface area contributed by atoms with Crippen molar-refractivity contribution in [3.8, 4) is 0 Å². The van der Waals surface area contributed by atoms with Crippen molar-refractivity contribution in [2.24, 2.45) is 5.92 Å². The molecule has 0 spiro atoms. The lowest BCUT2D eigenvalue weighted by molar-refractivity contribution is -0.137. The highest BCUT2D eigenvalue weighted by Gasteiger charge is 2.32. The highest BCUT2D eigenvalue weighted by molar-refractivity contribution is 5.98. The predicted octanol–water partition coefficient (Wildman–Crippen LogP) is 4.47. The third kappa shape index (κ3) is 4.38. The van der Waals surface area contributed by atoms with Crippen molar-refractivity contribution >= 4 is 28.9 Å². The number of benzene rings is 2. The van der Waals surface area contributed by atoms with Crippen molar-refractivity contribution in [1.82, 2.24) is 0 Å². The van der Waals surface area contributed by atoms with Crippen LogP contribution in [0.3, 0.4) is 0 Å². The van der Waals surface area contributed by atoms with E-state index in [9.17, 15) is 22.8 Å². The highest BCUT2D eigenvalue weighted by atomic mass is 19.4. The van der Waals surface area contributed by atoms with E-state index in [0.29, 0.717) is 44.6 Å². The molecule has 1 fully saturated rings. The van der Waals surface area contributed by atoms with Crippen LogP contribution in [0.25, 0.3) is 0 Å². The van der Waals surface area contributed by atoms with Gasteiger partial charge >= 0.3 is 6.18 Å². The predicted molar refractivity (Wildman–Crippen MR) is 113 cm³/mol. The number of piperidine rings is 1. The largest absolute Gasteiger partial charge is 0.416 e. The van der Waals surface area contributed by atoms with E-state index in [0.717, 1.165) is 29.1 Å². The Morgan fingerprint density at radius 2 is 1.74 bits per heavy atom. The lowest BCUT2D eigenvalue weighted by Crippen LogP contribution is -2.38. The molecule has 1 N–H and O–H groups in total. The van der Waals surface area contributed by atoms with E-state index in [2.05, 4.69) is 5.32 Å². The number of fused-ring (bicyclic) bond motifs is 1. The van der Waals surface area contributed by atoms with E-state index in [1.165, 1.54) is 13.0 Å². The third-order valence-corrected chi connectivity index (χ3v) is 6.07. The molecule has 2 aliphatic rings. The second kappa shape index (κ2) is 8.24. The average molecular weight is 431 g/mol. The van der Waals surface area contributed by atoms with Crippen molar-refractivity contribution in [2.75, 3.05) is 34.8 Å². The number of hydrogen-bond donors (Lipinski definition) is 1. The number of hydrogen-bond acceptors (Lipinski definition) is 3. The Bertz CT molecular complexity index is 998. The molecule has 0 aromatic heterocycles. The monoisotopic (exact) mass is 431 g/mol. The molecule has 0 radical (unpaired) electrons. The molecule has 2 aromatic carbocycles. The van der Waals surface area contributed by atoms with Crippen LogP contribution in [0.15, 0.2) is 42.5 Å². The zero-order chi connectivity index (χ0) is 22.2. The fourth-order valence-electron chi connectivity index (χ4n) is 4.39. The summed E-state index contributed by atoms with van der Waals surface area (Å²) < 4.78 is 38.9. The van der Waals surface area contributed by atoms with E-state index >= 15 is 0 Å². The molecule has 8 heteroatoms. The SMILES string of the molecule is CC(=O)N1CCc2c(NC(=O)C3CCN(c4cccc(C(F)(F)F)c4)CC3)cccc21. The van der Waals surface area contributed by atoms with Gasteiger partial charge in [-0.15, -0.1) is 0 Å². The van der Waals surface area contributed by atoms with Gasteiger partial charge in [0, 0.05) is 55.1 Å². The maximum absolute atomic E-state index is 13.0. The summed E-state index contributed by atoms with van der Waals surface area (Å²) in [7, 11) is 0. The van der Waals surface area contributed by atoms with Gasteiger partial charge in [-0.05, 0) is 49.6 Å². The number of halogens is 3. The normalized spacial score (nSPS) is 16.9. The van der Waals surface area contributed by atoms with Crippen LogP contribution in [-0.2, 0) is 22.2 Å². The Balaban J connectivity index is 1.40. The zero-order valence-corrected chi connectivity index (χ0v) is 17.2. The number of anilines is 3. The zero-order valence-electron chi connectivity index (χ0n) is 17.2. The van der Waals surface area contributed by atoms with Gasteiger partial charge in [-0.25, -0.2) is 0 Å². The Labute approximate surface area is 178 Å². The number of nitrogens with zero attached hydrogens (tertiary/aromatic N) is 2. The molecule has 2 aliphatic heterocycles. The maximum atomic E-state index is 13.0. The van der Waals surface area contributed by atoms with E-state index in [1.54, 1.807) is 11.0 Å². The van der Waals surface area contributed by atoms with Crippen LogP contribution < -0.4 is 15.1 Å². The quantitative estimate of drug-likeness (QED) is 0.780. The van der Waals surface area contributed by atoms with E-state index in [1.807, 2.05) is 23.1 Å². The molecule has 2 amide bonds. The van der Waals surface area contributed by atoms with Crippen LogP contribution in [0.4, 0.5) is 30.2 Å². The lowest BCUT2D eigenvalue weighted by atomic mass is 9.95. The van der Waals surface area contributed by atoms with Crippen LogP contribution >= 0.6 is 0 Å². The Morgan fingerprint density at radius 3 is 2.42 bits per heavy atom. The fraction of sp³-hybridized carbons (Fsp3) is 0.391. The summed E-state index contributed by atoms with van der Waals surface area (Å²) in [5.74, 6) is -0.314. The first kappa shape index (κ1) is 21.2. The van der Waals surface area contributed by atoms with E-state index in [-0.39, 0.29) is 17.7 Å². The van der Waals surface area contributed by atoms with Gasteiger partial charge in [-0.2, -0.15) is 13.2 Å². The summed E-state index contributed by atoms with van der Waals surface area (Å²) in [6.45, 7) is 3.17. The summed E-state index contributed by atoms with van der Waals surface area (Å²) in [5, 5.41) is 3.01. The van der Waals surface area contributed by atoms with Crippen LogP contribution in [0.2, 0.25) is 0 Å². The van der Waals surface area contributed by atoms with Crippen molar-refractivity contribution in [3.05, 3.63) is 53.6 Å². The van der Waals surface area contributed by atoms with E-state index < -0.39 is 11.7 Å². The first-order valence-electron chi connectivity index (χ1n) is 10.4. The fourth-order valence-corrected chi connectivity index (χ4v) is 4.39. The maximum Gasteiger partial charge on any atom is 0.416 e. The third-order valence-electron chi connectivity index (χ3n) is 6.07. The molecule has 31 heavy (non-hydrogen) atoms. The second-order valence-corrected chi connectivity index (χ2v) is 8.02. The van der Waals surface area contributed by atoms with Crippen molar-refractivity contribution in [1.29, 1.82) is 0 Å². The summed E-state index contributed by atoms with van der Waals surface area (Å²) in [4.78, 5) is 28.2. The van der Waals surface area contributed by atoms with Gasteiger partial charge in [-0.3, -0.25) is 9.59 Å². The average Bonchev–Trinajstić information content (AvgIpc) is 3.19. The lowest BCUT2D eigenvalue weighted by Gasteiger charge is -2.33. The highest BCUT2D eigenvalue weighted by Crippen LogP contribution is 2.35. The molecular weight excluding hydrogens is 407 g/mol. The molecule has 0 atom stereocenters. The molecule has 4 rings (SSSR count). The number of carbonyl (C=O) groups excluding carboxylic acids is 2. The Kier molecular flexibility index (Phi) is 5.64. The molecule has 0 saturated carbocycles. The number of rotatable bonds is 3. The molecule has 0 bridgehead atoms. The topological polar surface area (TPSA) is 52.7 Å². The minimum atomic E-state index is -4.37. The number of alkyl halides is 3. The number of nitrogens with one attached hydrogen (secondary N) is 1. The van der Waals surface area contributed by atoms with Gasteiger partial charge in [0.25, 0.3) is 0 Å². The smallest absolute Gasteiger partial charge is 0.371 e. The van der Waals surface area contributed by atoms with Crippen LogP contribution in [-0.4, -0.2) is 31.4 Å². The summed E-state index contributed by atoms with van der Waals surface area (Å²) in [6.07, 6.45) is -2.55. The first-order chi connectivity index (χ1) is 14.7. The molecule has 0 aliphatic carbocycles. The van der Waals surface area contributed by atoms with Crippen LogP contribution in [0, 0.1) is 5.92 Å². The van der Waals surface area contributed by atoms with Crippen LogP contribution in [0.5, 0.6) is 0 Å². The van der Waals surface area contributed by atoms with Gasteiger partial charge < -0.3 is 15.1 Å². The minimum absolute atomic E-state index is 0.0239. The molecule has 1 saturated heterocycles. The number of carbonyl (C=O) groups is 2. The van der Waals surface area contributed by atoms with Gasteiger partial charge in [0.15, 0.2) is 0 Å². The first-order valence-corrected chi connectivity index (χ1v) is 10.4. The Hall–Kier alpha value is -3.03. The Morgan fingerprint density at radius 1 is 1.03 bits per heavy atom. The molecule has 2 heterocycles. The van der Waals surface area contributed by atoms with Crippen LogP contribution in [0.1, 0.15) is 30.9 Å². The van der Waals surface area contributed by atoms with Crippen molar-refractivity contribution < 1.29 is 22.8 Å². The van der Waals surface area contributed by atoms with Crippen molar-refractivity contribution in [2.45, 2.75) is 32.4 Å². The summed E-state index contributed by atoms with van der Waals surface area (Å²) >= 11 is 0. The molecule has 164 valence electrons. The van der Waals surface area contributed by atoms with Gasteiger partial charge in [0.05, 0.1) is 5.56 Å². The molecular formula is C23H24F3N3O2. The van der Waals surface area contributed by atoms with Gasteiger partial charge in [0.2, 0.25) is 11.8 Å². The van der Waals surface area contributed by atoms with Crippen molar-refractivity contribution in [3.63, 3.8) is 0 Å². The standard InChI is InChI=1S/C23H24F3N3O2/c1-15(30)29-13-10-19-20(6-3-7-21(19)29)27-22(31)16-8-11-28(12-9-16)18-5-2-4-17(14-18)23(24,25)26/h2-7,14,16H,8-13H2,1H3,(H,27,31). The van der Waals surface area contributed by atoms with Gasteiger partial charge in [0.1, 0.15) is 0 Å². The van der Waals surface area contributed by atoms with E-state index in [4.69, 9.17) is 0 Å². The van der Waals surface area contributed by atoms with Gasteiger partial charge in [-0.1, -0.05) is 12.1 Å². The number of amides is 2. The molecule has 0 unspecified atom stereocenters. The molecule has 5 nitrogen and oxygen atoms in total. The summed E-state index contributed by atoms with van der Waals surface area (Å²) in [5.41, 5.74) is 2.39. The second-order valence-electron chi connectivity index (χ2n) is 8.02. The summed E-state index contributed by atoms with van der Waals surface area (Å²) in [6, 6.07) is 10.9. The molecule has 2 aromatic rings.